The first kappa shape index (κ1) is 16.0. The van der Waals surface area contributed by atoms with Crippen molar-refractivity contribution < 1.29 is 9.47 Å². The molecular weight excluding hydrogens is 326 g/mol. The van der Waals surface area contributed by atoms with Crippen molar-refractivity contribution in [2.45, 2.75) is 0 Å². The minimum atomic E-state index is 0.796. The predicted molar refractivity (Wildman–Crippen MR) is 104 cm³/mol. The summed E-state index contributed by atoms with van der Waals surface area (Å²) in [6, 6.07) is 19.8. The number of anilines is 2. The summed E-state index contributed by atoms with van der Waals surface area (Å²) in [5, 5.41) is 4.39. The molecule has 0 aliphatic carbocycles. The Labute approximate surface area is 151 Å². The number of aromatic amines is 1. The number of nitrogens with zero attached hydrogens (tertiary/aromatic N) is 1. The summed E-state index contributed by atoms with van der Waals surface area (Å²) in [7, 11) is 3.34. The Balaban J connectivity index is 1.73. The van der Waals surface area contributed by atoms with Crippen LogP contribution in [0.4, 0.5) is 11.5 Å². The van der Waals surface area contributed by atoms with Gasteiger partial charge in [-0.25, -0.2) is 4.98 Å². The third-order valence-electron chi connectivity index (χ3n) is 4.30. The summed E-state index contributed by atoms with van der Waals surface area (Å²) in [5.41, 5.74) is 3.97. The van der Waals surface area contributed by atoms with Crippen LogP contribution in [0.15, 0.2) is 66.9 Å². The number of aromatic nitrogens is 2. The quantitative estimate of drug-likeness (QED) is 0.535. The molecule has 130 valence electrons. The van der Waals surface area contributed by atoms with Gasteiger partial charge in [0.15, 0.2) is 0 Å². The molecule has 0 saturated carbocycles. The molecule has 26 heavy (non-hydrogen) atoms. The second kappa shape index (κ2) is 6.80. The number of nitrogens with one attached hydrogen (secondary N) is 2. The molecule has 0 fully saturated rings. The molecule has 2 aromatic heterocycles. The number of pyridine rings is 1. The van der Waals surface area contributed by atoms with E-state index in [2.05, 4.69) is 21.4 Å². The molecule has 0 radical (unpaired) electrons. The highest BCUT2D eigenvalue weighted by atomic mass is 16.5. The average Bonchev–Trinajstić information content (AvgIpc) is 3.14. The smallest absolute Gasteiger partial charge is 0.139 e. The van der Waals surface area contributed by atoms with E-state index >= 15 is 0 Å². The van der Waals surface area contributed by atoms with Gasteiger partial charge in [0.2, 0.25) is 0 Å². The van der Waals surface area contributed by atoms with Crippen LogP contribution in [0.3, 0.4) is 0 Å². The lowest BCUT2D eigenvalue weighted by molar-refractivity contribution is 0.415. The van der Waals surface area contributed by atoms with E-state index in [1.54, 1.807) is 20.4 Å². The van der Waals surface area contributed by atoms with Crippen molar-refractivity contribution >= 4 is 22.4 Å². The van der Waals surface area contributed by atoms with Crippen LogP contribution < -0.4 is 14.8 Å². The highest BCUT2D eigenvalue weighted by Gasteiger charge is 2.11. The number of benzene rings is 2. The van der Waals surface area contributed by atoms with E-state index in [0.717, 1.165) is 45.2 Å². The van der Waals surface area contributed by atoms with Gasteiger partial charge in [0.05, 0.1) is 25.4 Å². The Hall–Kier alpha value is -3.47. The SMILES string of the molecule is COc1ccc(Nc2nccc3[nH]c(-c4ccccc4OC)cc23)cc1. The van der Waals surface area contributed by atoms with Gasteiger partial charge in [-0.3, -0.25) is 0 Å². The average molecular weight is 345 g/mol. The zero-order valence-electron chi connectivity index (χ0n) is 14.6. The maximum Gasteiger partial charge on any atom is 0.139 e. The van der Waals surface area contributed by atoms with Crippen LogP contribution in [0.5, 0.6) is 11.5 Å². The highest BCUT2D eigenvalue weighted by molar-refractivity contribution is 5.95. The van der Waals surface area contributed by atoms with Gasteiger partial charge in [-0.05, 0) is 48.5 Å². The Morgan fingerprint density at radius 3 is 2.50 bits per heavy atom. The van der Waals surface area contributed by atoms with Crippen molar-refractivity contribution in [1.29, 1.82) is 0 Å². The summed E-state index contributed by atoms with van der Waals surface area (Å²) in [6.45, 7) is 0. The molecule has 0 spiro atoms. The van der Waals surface area contributed by atoms with Gasteiger partial charge in [-0.1, -0.05) is 12.1 Å². The van der Waals surface area contributed by atoms with E-state index < -0.39 is 0 Å². The summed E-state index contributed by atoms with van der Waals surface area (Å²) < 4.78 is 10.7. The lowest BCUT2D eigenvalue weighted by atomic mass is 10.1. The topological polar surface area (TPSA) is 59.2 Å². The fourth-order valence-corrected chi connectivity index (χ4v) is 2.98. The van der Waals surface area contributed by atoms with Crippen molar-refractivity contribution in [1.82, 2.24) is 9.97 Å². The number of hydrogen-bond donors (Lipinski definition) is 2. The van der Waals surface area contributed by atoms with Crippen LogP contribution in [0, 0.1) is 0 Å². The molecule has 0 atom stereocenters. The van der Waals surface area contributed by atoms with Crippen LogP contribution in [0.2, 0.25) is 0 Å². The van der Waals surface area contributed by atoms with Gasteiger partial charge in [0, 0.05) is 22.8 Å². The molecule has 4 aromatic rings. The van der Waals surface area contributed by atoms with E-state index in [9.17, 15) is 0 Å². The summed E-state index contributed by atoms with van der Waals surface area (Å²) in [5.74, 6) is 2.45. The Kier molecular flexibility index (Phi) is 4.19. The molecule has 0 bridgehead atoms. The van der Waals surface area contributed by atoms with E-state index in [1.807, 2.05) is 54.6 Å². The van der Waals surface area contributed by atoms with Crippen molar-refractivity contribution in [2.75, 3.05) is 19.5 Å². The minimum Gasteiger partial charge on any atom is -0.497 e. The molecule has 5 nitrogen and oxygen atoms in total. The van der Waals surface area contributed by atoms with E-state index in [0.29, 0.717) is 0 Å². The van der Waals surface area contributed by atoms with Crippen LogP contribution in [0.1, 0.15) is 0 Å². The maximum absolute atomic E-state index is 5.48. The summed E-state index contributed by atoms with van der Waals surface area (Å²) in [6.07, 6.45) is 1.79. The monoisotopic (exact) mass is 345 g/mol. The number of rotatable bonds is 5. The zero-order valence-corrected chi connectivity index (χ0v) is 14.6. The van der Waals surface area contributed by atoms with Gasteiger partial charge in [-0.2, -0.15) is 0 Å². The summed E-state index contributed by atoms with van der Waals surface area (Å²) in [4.78, 5) is 7.95. The number of ether oxygens (including phenoxy) is 2. The predicted octanol–water partition coefficient (Wildman–Crippen LogP) is 4.99. The number of methoxy groups -OCH3 is 2. The van der Waals surface area contributed by atoms with Gasteiger partial charge in [-0.15, -0.1) is 0 Å². The summed E-state index contributed by atoms with van der Waals surface area (Å²) >= 11 is 0. The van der Waals surface area contributed by atoms with Crippen molar-refractivity contribution in [2.24, 2.45) is 0 Å². The zero-order chi connectivity index (χ0) is 17.9. The Morgan fingerprint density at radius 2 is 1.73 bits per heavy atom. The normalized spacial score (nSPS) is 10.7. The van der Waals surface area contributed by atoms with E-state index in [1.165, 1.54) is 0 Å². The second-order valence-corrected chi connectivity index (χ2v) is 5.86. The molecule has 0 amide bonds. The molecule has 2 heterocycles. The fourth-order valence-electron chi connectivity index (χ4n) is 2.98. The van der Waals surface area contributed by atoms with Crippen LogP contribution in [-0.4, -0.2) is 24.2 Å². The maximum atomic E-state index is 5.48. The molecule has 4 rings (SSSR count). The molecule has 0 saturated heterocycles. The van der Waals surface area contributed by atoms with Crippen LogP contribution in [0.25, 0.3) is 22.2 Å². The van der Waals surface area contributed by atoms with Crippen molar-refractivity contribution in [3.8, 4) is 22.8 Å². The lowest BCUT2D eigenvalue weighted by Crippen LogP contribution is -1.93. The minimum absolute atomic E-state index is 0.796. The van der Waals surface area contributed by atoms with Crippen molar-refractivity contribution in [3.05, 3.63) is 66.9 Å². The molecule has 0 unspecified atom stereocenters. The van der Waals surface area contributed by atoms with E-state index in [-0.39, 0.29) is 0 Å². The first-order chi connectivity index (χ1) is 12.8. The number of H-pyrrole nitrogens is 1. The fraction of sp³-hybridized carbons (Fsp3) is 0.0952. The highest BCUT2D eigenvalue weighted by Crippen LogP contribution is 2.34. The van der Waals surface area contributed by atoms with E-state index in [4.69, 9.17) is 9.47 Å². The van der Waals surface area contributed by atoms with Gasteiger partial charge in [0.25, 0.3) is 0 Å². The van der Waals surface area contributed by atoms with Gasteiger partial charge < -0.3 is 19.8 Å². The van der Waals surface area contributed by atoms with Crippen LogP contribution in [-0.2, 0) is 0 Å². The Morgan fingerprint density at radius 1 is 0.923 bits per heavy atom. The third kappa shape index (κ3) is 2.95. The van der Waals surface area contributed by atoms with Crippen LogP contribution >= 0.6 is 0 Å². The molecule has 0 aliphatic rings. The standard InChI is InChI=1S/C21H19N3O2/c1-25-15-9-7-14(8-10-15)23-21-17-13-19(24-18(17)11-12-22-21)16-5-3-4-6-20(16)26-2/h3-13,24H,1-2H3,(H,22,23). The first-order valence-corrected chi connectivity index (χ1v) is 8.30. The largest absolute Gasteiger partial charge is 0.497 e. The van der Waals surface area contributed by atoms with Gasteiger partial charge >= 0.3 is 0 Å². The first-order valence-electron chi connectivity index (χ1n) is 8.30. The molecule has 5 heteroatoms. The number of hydrogen-bond acceptors (Lipinski definition) is 4. The number of fused-ring (bicyclic) bond motifs is 1. The lowest BCUT2D eigenvalue weighted by Gasteiger charge is -2.07. The molecule has 0 aliphatic heterocycles. The third-order valence-corrected chi connectivity index (χ3v) is 4.30. The second-order valence-electron chi connectivity index (χ2n) is 5.86. The Bertz CT molecular complexity index is 1040. The van der Waals surface area contributed by atoms with Gasteiger partial charge in [0.1, 0.15) is 17.3 Å². The molecule has 2 N–H and O–H groups in total. The molecule has 2 aromatic carbocycles. The number of para-hydroxylation sites is 1. The molecular formula is C21H19N3O2. The van der Waals surface area contributed by atoms with Crippen molar-refractivity contribution in [3.63, 3.8) is 0 Å².